The molecule has 1 fully saturated rings. The number of amides is 4. The summed E-state index contributed by atoms with van der Waals surface area (Å²) in [6, 6.07) is 22.9. The van der Waals surface area contributed by atoms with Crippen molar-refractivity contribution in [3.8, 4) is 17.2 Å². The number of hydrogen-bond donors (Lipinski definition) is 1. The molecule has 0 radical (unpaired) electrons. The molecule has 11 heteroatoms. The fraction of sp³-hybridized carbons (Fsp3) is 0.121. The van der Waals surface area contributed by atoms with Gasteiger partial charge in [-0.05, 0) is 73.2 Å². The van der Waals surface area contributed by atoms with Gasteiger partial charge in [0.05, 0.1) is 12.3 Å². The highest BCUT2D eigenvalue weighted by atomic mass is 35.5. The second-order valence-electron chi connectivity index (χ2n) is 9.50. The largest absolute Gasteiger partial charge is 0.490 e. The van der Waals surface area contributed by atoms with E-state index in [1.807, 2.05) is 25.1 Å². The first-order valence-corrected chi connectivity index (χ1v) is 14.6. The maximum atomic E-state index is 13.4. The first-order chi connectivity index (χ1) is 21.2. The summed E-state index contributed by atoms with van der Waals surface area (Å²) in [4.78, 5) is 39.8. The van der Waals surface area contributed by atoms with Gasteiger partial charge in [-0.3, -0.25) is 14.9 Å². The molecule has 5 rings (SSSR count). The van der Waals surface area contributed by atoms with E-state index >= 15 is 0 Å². The lowest BCUT2D eigenvalue weighted by Gasteiger charge is -2.26. The average Bonchev–Trinajstić information content (AvgIpc) is 3.00. The lowest BCUT2D eigenvalue weighted by molar-refractivity contribution is -0.122. The van der Waals surface area contributed by atoms with Crippen LogP contribution in [0, 0.1) is 0 Å². The zero-order valence-electron chi connectivity index (χ0n) is 23.3. The molecular weight excluding hydrogens is 627 g/mol. The predicted molar refractivity (Wildman–Crippen MR) is 170 cm³/mol. The second kappa shape index (κ2) is 13.9. The minimum atomic E-state index is -0.864. The van der Waals surface area contributed by atoms with Crippen LogP contribution in [0.15, 0.2) is 90.5 Å². The van der Waals surface area contributed by atoms with Gasteiger partial charge in [0.2, 0.25) is 0 Å². The minimum Gasteiger partial charge on any atom is -0.490 e. The standard InChI is InChI=1S/C33H25Cl3N2O6/c1-2-42-30-16-20(7-14-29(30)44-19-21-5-3-4-6-27(21)35)15-26-31(39)37-33(41)38(32(26)40)24-10-12-25(13-11-24)43-18-22-8-9-23(34)17-28(22)36/h3-17H,2,18-19H2,1H3,(H,37,39,41)/b26-15+. The number of halogens is 3. The van der Waals surface area contributed by atoms with E-state index in [1.54, 1.807) is 66.7 Å². The van der Waals surface area contributed by atoms with Crippen molar-refractivity contribution in [2.45, 2.75) is 20.1 Å². The predicted octanol–water partition coefficient (Wildman–Crippen LogP) is 7.87. The molecule has 0 spiro atoms. The van der Waals surface area contributed by atoms with Crippen LogP contribution >= 0.6 is 34.8 Å². The molecule has 0 saturated carbocycles. The van der Waals surface area contributed by atoms with E-state index in [1.165, 1.54) is 6.08 Å². The van der Waals surface area contributed by atoms with Gasteiger partial charge in [-0.15, -0.1) is 0 Å². The lowest BCUT2D eigenvalue weighted by Crippen LogP contribution is -2.54. The van der Waals surface area contributed by atoms with Crippen LogP contribution in [0.4, 0.5) is 10.5 Å². The normalized spacial score (nSPS) is 14.0. The summed E-state index contributed by atoms with van der Waals surface area (Å²) >= 11 is 18.4. The maximum Gasteiger partial charge on any atom is 0.335 e. The zero-order valence-corrected chi connectivity index (χ0v) is 25.6. The van der Waals surface area contributed by atoms with Crippen molar-refractivity contribution < 1.29 is 28.6 Å². The van der Waals surface area contributed by atoms with Crippen molar-refractivity contribution in [3.05, 3.63) is 122 Å². The van der Waals surface area contributed by atoms with E-state index in [2.05, 4.69) is 5.32 Å². The Balaban J connectivity index is 1.33. The summed E-state index contributed by atoms with van der Waals surface area (Å²) in [6.45, 7) is 2.59. The molecule has 1 heterocycles. The lowest BCUT2D eigenvalue weighted by atomic mass is 10.1. The van der Waals surface area contributed by atoms with E-state index < -0.39 is 17.8 Å². The Morgan fingerprint density at radius 3 is 2.20 bits per heavy atom. The van der Waals surface area contributed by atoms with Gasteiger partial charge in [0.15, 0.2) is 11.5 Å². The Kier molecular flexibility index (Phi) is 9.75. The summed E-state index contributed by atoms with van der Waals surface area (Å²) in [5, 5.41) is 3.80. The molecule has 1 aliphatic rings. The van der Waals surface area contributed by atoms with Crippen LogP contribution in [0.2, 0.25) is 15.1 Å². The van der Waals surface area contributed by atoms with E-state index in [0.29, 0.717) is 44.5 Å². The molecule has 0 bridgehead atoms. The van der Waals surface area contributed by atoms with Crippen molar-refractivity contribution in [1.82, 2.24) is 5.32 Å². The van der Waals surface area contributed by atoms with Gasteiger partial charge in [-0.2, -0.15) is 0 Å². The number of hydrogen-bond acceptors (Lipinski definition) is 6. The number of urea groups is 1. The van der Waals surface area contributed by atoms with Gasteiger partial charge in [-0.25, -0.2) is 9.69 Å². The van der Waals surface area contributed by atoms with Crippen LogP contribution in [-0.2, 0) is 22.8 Å². The number of anilines is 1. The summed E-state index contributed by atoms with van der Waals surface area (Å²) in [5.74, 6) is -0.228. The second-order valence-corrected chi connectivity index (χ2v) is 10.7. The number of carbonyl (C=O) groups is 3. The highest BCUT2D eigenvalue weighted by molar-refractivity contribution is 6.39. The van der Waals surface area contributed by atoms with Crippen LogP contribution in [0.25, 0.3) is 6.08 Å². The first-order valence-electron chi connectivity index (χ1n) is 13.4. The molecule has 1 N–H and O–H groups in total. The van der Waals surface area contributed by atoms with Gasteiger partial charge in [0.1, 0.15) is 24.5 Å². The summed E-state index contributed by atoms with van der Waals surface area (Å²) in [7, 11) is 0. The number of nitrogens with one attached hydrogen (secondary N) is 1. The number of ether oxygens (including phenoxy) is 3. The fourth-order valence-electron chi connectivity index (χ4n) is 4.32. The quantitative estimate of drug-likeness (QED) is 0.139. The third-order valence-electron chi connectivity index (χ3n) is 6.53. The molecule has 1 aliphatic heterocycles. The number of carbonyl (C=O) groups excluding carboxylic acids is 3. The third-order valence-corrected chi connectivity index (χ3v) is 7.48. The van der Waals surface area contributed by atoms with E-state index in [4.69, 9.17) is 49.0 Å². The van der Waals surface area contributed by atoms with Crippen molar-refractivity contribution in [3.63, 3.8) is 0 Å². The molecule has 4 amide bonds. The number of barbiturate groups is 1. The molecule has 224 valence electrons. The van der Waals surface area contributed by atoms with Crippen LogP contribution in [0.5, 0.6) is 17.2 Å². The first kappa shape index (κ1) is 30.9. The number of benzene rings is 4. The molecular formula is C33H25Cl3N2O6. The Morgan fingerprint density at radius 2 is 1.48 bits per heavy atom. The number of nitrogens with zero attached hydrogens (tertiary/aromatic N) is 1. The minimum absolute atomic E-state index is 0.188. The van der Waals surface area contributed by atoms with Crippen LogP contribution in [0.3, 0.4) is 0 Å². The Morgan fingerprint density at radius 1 is 0.750 bits per heavy atom. The average molecular weight is 652 g/mol. The summed E-state index contributed by atoms with van der Waals surface area (Å²) in [6.07, 6.45) is 1.39. The van der Waals surface area contributed by atoms with Crippen molar-refractivity contribution >= 4 is 64.4 Å². The monoisotopic (exact) mass is 650 g/mol. The summed E-state index contributed by atoms with van der Waals surface area (Å²) in [5.41, 5.74) is 2.07. The molecule has 0 unspecified atom stereocenters. The molecule has 4 aromatic rings. The van der Waals surface area contributed by atoms with Gasteiger partial charge in [0.25, 0.3) is 11.8 Å². The van der Waals surface area contributed by atoms with Crippen molar-refractivity contribution in [2.24, 2.45) is 0 Å². The smallest absolute Gasteiger partial charge is 0.335 e. The van der Waals surface area contributed by atoms with Crippen molar-refractivity contribution in [2.75, 3.05) is 11.5 Å². The molecule has 0 atom stereocenters. The highest BCUT2D eigenvalue weighted by Crippen LogP contribution is 2.32. The number of imide groups is 2. The Labute approximate surface area is 268 Å². The van der Waals surface area contributed by atoms with Crippen molar-refractivity contribution in [1.29, 1.82) is 0 Å². The topological polar surface area (TPSA) is 94.2 Å². The molecule has 0 aromatic heterocycles. The molecule has 44 heavy (non-hydrogen) atoms. The van der Waals surface area contributed by atoms with Gasteiger partial charge >= 0.3 is 6.03 Å². The fourth-order valence-corrected chi connectivity index (χ4v) is 4.98. The molecule has 4 aromatic carbocycles. The zero-order chi connectivity index (χ0) is 31.2. The molecule has 1 saturated heterocycles. The van der Waals surface area contributed by atoms with Gasteiger partial charge < -0.3 is 14.2 Å². The SMILES string of the molecule is CCOc1cc(/C=C2\C(=O)NC(=O)N(c3ccc(OCc4ccc(Cl)cc4Cl)cc3)C2=O)ccc1OCc1ccccc1Cl. The third kappa shape index (κ3) is 7.17. The molecule has 8 nitrogen and oxygen atoms in total. The Bertz CT molecular complexity index is 1760. The van der Waals surface area contributed by atoms with E-state index in [-0.39, 0.29) is 24.5 Å². The maximum absolute atomic E-state index is 13.4. The summed E-state index contributed by atoms with van der Waals surface area (Å²) < 4.78 is 17.5. The van der Waals surface area contributed by atoms with Gasteiger partial charge in [-0.1, -0.05) is 65.1 Å². The molecule has 0 aliphatic carbocycles. The number of rotatable bonds is 10. The van der Waals surface area contributed by atoms with Crippen LogP contribution in [-0.4, -0.2) is 24.5 Å². The van der Waals surface area contributed by atoms with E-state index in [0.717, 1.165) is 16.0 Å². The highest BCUT2D eigenvalue weighted by Gasteiger charge is 2.36. The van der Waals surface area contributed by atoms with Crippen LogP contribution in [0.1, 0.15) is 23.6 Å². The van der Waals surface area contributed by atoms with Crippen LogP contribution < -0.4 is 24.4 Å². The van der Waals surface area contributed by atoms with Gasteiger partial charge in [0, 0.05) is 26.2 Å². The van der Waals surface area contributed by atoms with E-state index in [9.17, 15) is 14.4 Å². The Hall–Kier alpha value is -4.50.